The van der Waals surface area contributed by atoms with E-state index in [0.29, 0.717) is 13.0 Å². The van der Waals surface area contributed by atoms with Crippen LogP contribution in [0, 0.1) is 11.3 Å². The van der Waals surface area contributed by atoms with Crippen molar-refractivity contribution in [2.45, 2.75) is 47.0 Å². The molecule has 0 N–H and O–H groups in total. The summed E-state index contributed by atoms with van der Waals surface area (Å²) < 4.78 is 5.16. The predicted octanol–water partition coefficient (Wildman–Crippen LogP) is 3.20. The molecular formula is C16H22O3. The van der Waals surface area contributed by atoms with Crippen LogP contribution in [0.15, 0.2) is 22.8 Å². The predicted molar refractivity (Wildman–Crippen MR) is 73.5 cm³/mol. The van der Waals surface area contributed by atoms with E-state index in [4.69, 9.17) is 4.74 Å². The van der Waals surface area contributed by atoms with Crippen LogP contribution in [-0.4, -0.2) is 18.4 Å². The molecule has 0 spiro atoms. The highest BCUT2D eigenvalue weighted by Crippen LogP contribution is 2.47. The first kappa shape index (κ1) is 14.0. The molecule has 2 aliphatic carbocycles. The fourth-order valence-corrected chi connectivity index (χ4v) is 3.49. The Morgan fingerprint density at radius 3 is 2.79 bits per heavy atom. The van der Waals surface area contributed by atoms with Gasteiger partial charge >= 0.3 is 5.97 Å². The molecule has 0 heterocycles. The molecule has 1 atom stereocenters. The van der Waals surface area contributed by atoms with Crippen LogP contribution in [0.5, 0.6) is 0 Å². The molecule has 3 nitrogen and oxygen atoms in total. The van der Waals surface area contributed by atoms with Crippen molar-refractivity contribution >= 4 is 11.8 Å². The lowest BCUT2D eigenvalue weighted by Gasteiger charge is -2.39. The maximum atomic E-state index is 12.0. The number of hydrogen-bond donors (Lipinski definition) is 0. The van der Waals surface area contributed by atoms with E-state index in [1.807, 2.05) is 13.8 Å². The molecule has 0 aromatic carbocycles. The summed E-state index contributed by atoms with van der Waals surface area (Å²) >= 11 is 0. The maximum absolute atomic E-state index is 12.0. The number of fused-ring (bicyclic) bond motifs is 1. The summed E-state index contributed by atoms with van der Waals surface area (Å²) in [5.74, 6) is -0.0649. The number of allylic oxidation sites excluding steroid dienone is 3. The number of carbonyl (C=O) groups is 2. The Morgan fingerprint density at radius 2 is 2.16 bits per heavy atom. The Morgan fingerprint density at radius 1 is 1.47 bits per heavy atom. The van der Waals surface area contributed by atoms with Gasteiger partial charge in [0.25, 0.3) is 0 Å². The second kappa shape index (κ2) is 4.95. The Labute approximate surface area is 114 Å². The fourth-order valence-electron chi connectivity index (χ4n) is 3.49. The average molecular weight is 262 g/mol. The summed E-state index contributed by atoms with van der Waals surface area (Å²) in [6, 6.07) is 0. The molecule has 19 heavy (non-hydrogen) atoms. The van der Waals surface area contributed by atoms with Crippen molar-refractivity contribution in [1.82, 2.24) is 0 Å². The monoisotopic (exact) mass is 262 g/mol. The van der Waals surface area contributed by atoms with Gasteiger partial charge in [0.2, 0.25) is 0 Å². The lowest BCUT2D eigenvalue weighted by Crippen LogP contribution is -2.32. The van der Waals surface area contributed by atoms with Crippen molar-refractivity contribution in [3.8, 4) is 0 Å². The number of esters is 1. The van der Waals surface area contributed by atoms with Crippen LogP contribution in [0.1, 0.15) is 47.0 Å². The number of ether oxygens (including phenoxy) is 1. The molecule has 1 unspecified atom stereocenters. The van der Waals surface area contributed by atoms with Gasteiger partial charge in [-0.15, -0.1) is 0 Å². The minimum absolute atomic E-state index is 0.126. The lowest BCUT2D eigenvalue weighted by molar-refractivity contribution is -0.146. The maximum Gasteiger partial charge on any atom is 0.313 e. The third kappa shape index (κ3) is 2.51. The van der Waals surface area contributed by atoms with Crippen molar-refractivity contribution < 1.29 is 14.3 Å². The van der Waals surface area contributed by atoms with E-state index in [1.165, 1.54) is 5.57 Å². The van der Waals surface area contributed by atoms with Gasteiger partial charge < -0.3 is 4.74 Å². The average Bonchev–Trinajstić information content (AvgIpc) is 2.26. The quantitative estimate of drug-likeness (QED) is 0.718. The summed E-state index contributed by atoms with van der Waals surface area (Å²) in [6.45, 7) is 8.44. The molecule has 3 heteroatoms. The van der Waals surface area contributed by atoms with Crippen molar-refractivity contribution in [3.05, 3.63) is 22.8 Å². The zero-order chi connectivity index (χ0) is 14.2. The Bertz CT molecular complexity index is 480. The number of rotatable bonds is 2. The second-order valence-electron chi connectivity index (χ2n) is 6.10. The number of hydrogen-bond acceptors (Lipinski definition) is 3. The van der Waals surface area contributed by atoms with Crippen LogP contribution in [0.4, 0.5) is 0 Å². The minimum Gasteiger partial charge on any atom is -0.466 e. The van der Waals surface area contributed by atoms with Gasteiger partial charge in [0.05, 0.1) is 12.5 Å². The molecule has 0 aromatic heterocycles. The first-order chi connectivity index (χ1) is 8.86. The second-order valence-corrected chi connectivity index (χ2v) is 6.10. The topological polar surface area (TPSA) is 43.4 Å². The van der Waals surface area contributed by atoms with Gasteiger partial charge in [-0.3, -0.25) is 9.59 Å². The summed E-state index contributed by atoms with van der Waals surface area (Å²) in [4.78, 5) is 23.8. The molecule has 0 bridgehead atoms. The van der Waals surface area contributed by atoms with Crippen LogP contribution < -0.4 is 0 Å². The first-order valence-corrected chi connectivity index (χ1v) is 6.98. The number of carbonyl (C=O) groups excluding carboxylic acids is 2. The SMILES string of the molecule is CCOC(=O)C1CCC2=CC(=O)CC(C)(C)C2=C1C. The van der Waals surface area contributed by atoms with Gasteiger partial charge in [0, 0.05) is 6.42 Å². The van der Waals surface area contributed by atoms with Gasteiger partial charge in [-0.05, 0) is 49.3 Å². The van der Waals surface area contributed by atoms with E-state index < -0.39 is 0 Å². The molecule has 0 aromatic rings. The van der Waals surface area contributed by atoms with Gasteiger partial charge in [-0.2, -0.15) is 0 Å². The van der Waals surface area contributed by atoms with Crippen molar-refractivity contribution in [2.75, 3.05) is 6.61 Å². The van der Waals surface area contributed by atoms with Crippen LogP contribution in [0.3, 0.4) is 0 Å². The van der Waals surface area contributed by atoms with Crippen molar-refractivity contribution in [1.29, 1.82) is 0 Å². The third-order valence-corrected chi connectivity index (χ3v) is 4.14. The van der Waals surface area contributed by atoms with Crippen molar-refractivity contribution in [3.63, 3.8) is 0 Å². The highest BCUT2D eigenvalue weighted by molar-refractivity contribution is 5.94. The highest BCUT2D eigenvalue weighted by Gasteiger charge is 2.39. The van der Waals surface area contributed by atoms with Gasteiger partial charge in [0.1, 0.15) is 0 Å². The highest BCUT2D eigenvalue weighted by atomic mass is 16.5. The molecule has 0 amide bonds. The molecule has 2 aliphatic rings. The van der Waals surface area contributed by atoms with E-state index in [0.717, 1.165) is 24.0 Å². The van der Waals surface area contributed by atoms with Crippen LogP contribution in [-0.2, 0) is 14.3 Å². The molecule has 0 aliphatic heterocycles. The van der Waals surface area contributed by atoms with Crippen LogP contribution >= 0.6 is 0 Å². The largest absolute Gasteiger partial charge is 0.466 e. The fraction of sp³-hybridized carbons (Fsp3) is 0.625. The van der Waals surface area contributed by atoms with Gasteiger partial charge in [0.15, 0.2) is 5.78 Å². The van der Waals surface area contributed by atoms with E-state index in [-0.39, 0.29) is 23.1 Å². The molecule has 0 saturated carbocycles. The minimum atomic E-state index is -0.170. The molecule has 104 valence electrons. The molecule has 0 radical (unpaired) electrons. The third-order valence-electron chi connectivity index (χ3n) is 4.14. The van der Waals surface area contributed by atoms with E-state index in [9.17, 15) is 9.59 Å². The molecular weight excluding hydrogens is 240 g/mol. The van der Waals surface area contributed by atoms with Gasteiger partial charge in [-0.1, -0.05) is 19.4 Å². The standard InChI is InChI=1S/C16H22O3/c1-5-19-15(18)13-7-6-11-8-12(17)9-16(3,4)14(11)10(13)2/h8,13H,5-7,9H2,1-4H3. The van der Waals surface area contributed by atoms with E-state index in [1.54, 1.807) is 6.08 Å². The van der Waals surface area contributed by atoms with Crippen molar-refractivity contribution in [2.24, 2.45) is 11.3 Å². The van der Waals surface area contributed by atoms with Crippen LogP contribution in [0.25, 0.3) is 0 Å². The van der Waals surface area contributed by atoms with Crippen LogP contribution in [0.2, 0.25) is 0 Å². The normalized spacial score (nSPS) is 25.8. The molecule has 2 rings (SSSR count). The number of ketones is 1. The zero-order valence-electron chi connectivity index (χ0n) is 12.2. The van der Waals surface area contributed by atoms with Gasteiger partial charge in [-0.25, -0.2) is 0 Å². The zero-order valence-corrected chi connectivity index (χ0v) is 12.2. The Hall–Kier alpha value is -1.38. The summed E-state index contributed by atoms with van der Waals surface area (Å²) in [6.07, 6.45) is 3.85. The lowest BCUT2D eigenvalue weighted by atomic mass is 9.65. The molecule has 0 fully saturated rings. The summed E-state index contributed by atoms with van der Waals surface area (Å²) in [5, 5.41) is 0. The smallest absolute Gasteiger partial charge is 0.313 e. The Kier molecular flexibility index (Phi) is 3.66. The van der Waals surface area contributed by atoms with E-state index in [2.05, 4.69) is 13.8 Å². The Balaban J connectivity index is 2.43. The summed E-state index contributed by atoms with van der Waals surface area (Å²) in [5.41, 5.74) is 3.25. The summed E-state index contributed by atoms with van der Waals surface area (Å²) in [7, 11) is 0. The first-order valence-electron chi connectivity index (χ1n) is 6.98. The molecule has 0 saturated heterocycles. The van der Waals surface area contributed by atoms with E-state index >= 15 is 0 Å².